The molecule has 38 heavy (non-hydrogen) atoms. The number of hydrogen-bond donors (Lipinski definition) is 2. The van der Waals surface area contributed by atoms with Crippen LogP contribution in [0, 0.1) is 35.1 Å². The van der Waals surface area contributed by atoms with Crippen LogP contribution in [0.2, 0.25) is 0 Å². The minimum Gasteiger partial charge on any atom is -0.302 e. The fourth-order valence-corrected chi connectivity index (χ4v) is 5.96. The van der Waals surface area contributed by atoms with Crippen molar-refractivity contribution in [3.63, 3.8) is 0 Å². The first-order valence-corrected chi connectivity index (χ1v) is 12.5. The number of piperidine rings is 2. The predicted molar refractivity (Wildman–Crippen MR) is 135 cm³/mol. The lowest BCUT2D eigenvalue weighted by molar-refractivity contribution is -0.139. The van der Waals surface area contributed by atoms with E-state index in [-0.39, 0.29) is 5.78 Å². The highest BCUT2D eigenvalue weighted by molar-refractivity contribution is 5.89. The summed E-state index contributed by atoms with van der Waals surface area (Å²) in [5, 5.41) is 7.25. The van der Waals surface area contributed by atoms with Crippen LogP contribution < -0.4 is 10.6 Å². The van der Waals surface area contributed by atoms with E-state index < -0.39 is 59.3 Å². The average Bonchev–Trinajstić information content (AvgIpc) is 2.91. The Bertz CT molecular complexity index is 1230. The second-order valence-corrected chi connectivity index (χ2v) is 9.90. The van der Waals surface area contributed by atoms with E-state index in [9.17, 15) is 22.4 Å². The molecule has 0 aliphatic carbocycles. The largest absolute Gasteiger partial charge is 0.302 e. The average molecular weight is 517 g/mol. The Kier molecular flexibility index (Phi) is 6.33. The van der Waals surface area contributed by atoms with E-state index in [1.807, 2.05) is 0 Å². The van der Waals surface area contributed by atoms with Crippen molar-refractivity contribution >= 4 is 5.78 Å². The molecule has 2 heterocycles. The monoisotopic (exact) mass is 516 g/mol. The van der Waals surface area contributed by atoms with E-state index in [4.69, 9.17) is 0 Å². The summed E-state index contributed by atoms with van der Waals surface area (Å²) in [6.45, 7) is 0. The van der Waals surface area contributed by atoms with Gasteiger partial charge in [0.15, 0.2) is 0 Å². The maximum Gasteiger partial charge on any atom is 0.146 e. The Morgan fingerprint density at radius 1 is 0.395 bits per heavy atom. The third-order valence-corrected chi connectivity index (χ3v) is 7.73. The molecule has 0 amide bonds. The minimum atomic E-state index is -0.607. The second-order valence-electron chi connectivity index (χ2n) is 9.90. The summed E-state index contributed by atoms with van der Waals surface area (Å²) < 4.78 is 55.2. The maximum atomic E-state index is 14.4. The highest BCUT2D eigenvalue weighted by atomic mass is 19.1. The quantitative estimate of drug-likeness (QED) is 0.304. The van der Waals surface area contributed by atoms with Gasteiger partial charge in [0.05, 0.1) is 11.8 Å². The van der Waals surface area contributed by atoms with Crippen LogP contribution in [0.3, 0.4) is 0 Å². The molecule has 0 aromatic heterocycles. The topological polar surface area (TPSA) is 41.1 Å². The molecule has 4 aromatic rings. The molecule has 6 rings (SSSR count). The van der Waals surface area contributed by atoms with E-state index in [1.165, 1.54) is 48.5 Å². The Labute approximate surface area is 217 Å². The lowest BCUT2D eigenvalue weighted by Crippen LogP contribution is -2.60. The lowest BCUT2D eigenvalue weighted by atomic mass is 9.64. The van der Waals surface area contributed by atoms with Gasteiger partial charge in [-0.3, -0.25) is 4.79 Å². The first-order valence-electron chi connectivity index (χ1n) is 12.5. The van der Waals surface area contributed by atoms with Gasteiger partial charge >= 0.3 is 0 Å². The summed E-state index contributed by atoms with van der Waals surface area (Å²) in [6, 6.07) is 22.0. The number of Topliss-reactive ketones (excluding diaryl/α,β-unsaturated/α-hetero) is 1. The summed E-state index contributed by atoms with van der Waals surface area (Å²) in [5.74, 6) is -2.81. The number of ketones is 1. The van der Waals surface area contributed by atoms with Gasteiger partial charge in [-0.15, -0.1) is 0 Å². The molecule has 0 unspecified atom stereocenters. The molecule has 0 radical (unpaired) electrons. The molecule has 2 fully saturated rings. The zero-order valence-corrected chi connectivity index (χ0v) is 20.1. The Morgan fingerprint density at radius 2 is 0.605 bits per heavy atom. The molecule has 4 aromatic carbocycles. The van der Waals surface area contributed by atoms with Crippen LogP contribution in [0.1, 0.15) is 46.4 Å². The van der Waals surface area contributed by atoms with Crippen LogP contribution in [-0.4, -0.2) is 5.78 Å². The normalized spacial score (nSPS) is 26.8. The van der Waals surface area contributed by atoms with Crippen molar-refractivity contribution in [2.75, 3.05) is 0 Å². The summed E-state index contributed by atoms with van der Waals surface area (Å²) in [7, 11) is 0. The number of halogens is 4. The summed E-state index contributed by atoms with van der Waals surface area (Å²) in [6.07, 6.45) is 0. The zero-order chi connectivity index (χ0) is 26.4. The van der Waals surface area contributed by atoms with Crippen molar-refractivity contribution in [1.29, 1.82) is 0 Å². The van der Waals surface area contributed by atoms with Gasteiger partial charge in [-0.1, -0.05) is 48.5 Å². The smallest absolute Gasteiger partial charge is 0.146 e. The molecular weight excluding hydrogens is 492 g/mol. The molecular formula is C31H24F4N2O. The molecule has 2 saturated heterocycles. The van der Waals surface area contributed by atoms with Crippen LogP contribution in [0.5, 0.6) is 0 Å². The van der Waals surface area contributed by atoms with Gasteiger partial charge in [-0.05, 0) is 70.8 Å². The highest BCUT2D eigenvalue weighted by Gasteiger charge is 2.55. The molecule has 192 valence electrons. The van der Waals surface area contributed by atoms with Crippen molar-refractivity contribution < 1.29 is 22.4 Å². The van der Waals surface area contributed by atoms with E-state index >= 15 is 0 Å². The van der Waals surface area contributed by atoms with Crippen LogP contribution in [-0.2, 0) is 4.79 Å². The van der Waals surface area contributed by atoms with Crippen molar-refractivity contribution in [3.05, 3.63) is 143 Å². The fourth-order valence-electron chi connectivity index (χ4n) is 5.96. The molecule has 4 atom stereocenters. The van der Waals surface area contributed by atoms with Gasteiger partial charge in [0.2, 0.25) is 0 Å². The molecule has 2 aliphatic heterocycles. The molecule has 0 saturated carbocycles. The fraction of sp³-hybridized carbons (Fsp3) is 0.194. The van der Waals surface area contributed by atoms with Gasteiger partial charge < -0.3 is 10.6 Å². The van der Waals surface area contributed by atoms with Crippen molar-refractivity contribution in [1.82, 2.24) is 10.6 Å². The molecule has 2 N–H and O–H groups in total. The van der Waals surface area contributed by atoms with Gasteiger partial charge in [-0.2, -0.15) is 0 Å². The zero-order valence-electron chi connectivity index (χ0n) is 20.1. The maximum absolute atomic E-state index is 14.4. The molecule has 2 bridgehead atoms. The van der Waals surface area contributed by atoms with Crippen molar-refractivity contribution in [2.24, 2.45) is 11.8 Å². The Hall–Kier alpha value is -3.81. The SMILES string of the molecule is O=C1C2[C@H](c3ccc(F)cc3)N[C@@H](c3ccc(F)cc3)C1[C@H](c1ccc(F)cc1)N[C@H]2c1ccc(F)cc1. The van der Waals surface area contributed by atoms with Crippen molar-refractivity contribution in [3.8, 4) is 0 Å². The molecule has 0 spiro atoms. The van der Waals surface area contributed by atoms with Gasteiger partial charge in [0.1, 0.15) is 29.1 Å². The lowest BCUT2D eigenvalue weighted by Gasteiger charge is -2.52. The number of benzene rings is 4. The van der Waals surface area contributed by atoms with Gasteiger partial charge in [0, 0.05) is 24.2 Å². The highest BCUT2D eigenvalue weighted by Crippen LogP contribution is 2.52. The third-order valence-electron chi connectivity index (χ3n) is 7.73. The van der Waals surface area contributed by atoms with Crippen LogP contribution in [0.25, 0.3) is 0 Å². The number of carbonyl (C=O) groups excluding carboxylic acids is 1. The number of carbonyl (C=O) groups is 1. The first kappa shape index (κ1) is 24.5. The van der Waals surface area contributed by atoms with Crippen LogP contribution >= 0.6 is 0 Å². The van der Waals surface area contributed by atoms with Crippen molar-refractivity contribution in [2.45, 2.75) is 24.2 Å². The standard InChI is InChI=1S/C31H24F4N2O/c32-21-9-1-17(2-10-21)27-25-28(18-3-11-22(33)12-4-18)37-30(20-7-15-24(35)16-8-20)26(31(25)38)29(36-27)19-5-13-23(34)14-6-19/h1-16,25-30,36-37H/t25?,26?,27-,28-,29-,30-/m0/s1. The Balaban J connectivity index is 1.51. The van der Waals surface area contributed by atoms with Gasteiger partial charge in [-0.25, -0.2) is 17.6 Å². The molecule has 2 aliphatic rings. The third kappa shape index (κ3) is 4.42. The number of nitrogens with one attached hydrogen (secondary N) is 2. The van der Waals surface area contributed by atoms with Gasteiger partial charge in [0.25, 0.3) is 0 Å². The van der Waals surface area contributed by atoms with E-state index in [2.05, 4.69) is 10.6 Å². The summed E-state index contributed by atoms with van der Waals surface area (Å²) >= 11 is 0. The number of fused-ring (bicyclic) bond motifs is 2. The van der Waals surface area contributed by atoms with Crippen LogP contribution in [0.4, 0.5) is 17.6 Å². The summed E-state index contributed by atoms with van der Waals surface area (Å²) in [5.41, 5.74) is 2.91. The molecule has 7 heteroatoms. The van der Waals surface area contributed by atoms with E-state index in [1.54, 1.807) is 48.5 Å². The van der Waals surface area contributed by atoms with E-state index in [0.717, 1.165) is 22.3 Å². The second kappa shape index (κ2) is 9.82. The number of rotatable bonds is 4. The first-order chi connectivity index (χ1) is 18.4. The molecule has 3 nitrogen and oxygen atoms in total. The predicted octanol–water partition coefficient (Wildman–Crippen LogP) is 6.52. The van der Waals surface area contributed by atoms with Crippen LogP contribution in [0.15, 0.2) is 97.1 Å². The number of hydrogen-bond acceptors (Lipinski definition) is 3. The Morgan fingerprint density at radius 3 is 0.816 bits per heavy atom. The minimum absolute atomic E-state index is 0.0326. The van der Waals surface area contributed by atoms with E-state index in [0.29, 0.717) is 0 Å². The summed E-state index contributed by atoms with van der Waals surface area (Å²) in [4.78, 5) is 14.4.